The normalized spacial score (nSPS) is 10.8. The molecule has 0 amide bonds. The topological polar surface area (TPSA) is 35.5 Å². The highest BCUT2D eigenvalue weighted by molar-refractivity contribution is 5.87. The van der Waals surface area contributed by atoms with Crippen molar-refractivity contribution < 1.29 is 14.3 Å². The first-order chi connectivity index (χ1) is 10.8. The highest BCUT2D eigenvalue weighted by atomic mass is 16.5. The summed E-state index contributed by atoms with van der Waals surface area (Å²) in [5.41, 5.74) is 0.958. The van der Waals surface area contributed by atoms with Crippen molar-refractivity contribution in [3.8, 4) is 5.75 Å². The monoisotopic (exact) mass is 304 g/mol. The average Bonchev–Trinajstić information content (AvgIpc) is 2.54. The first kappa shape index (κ1) is 18.3. The van der Waals surface area contributed by atoms with Gasteiger partial charge in [0.2, 0.25) is 0 Å². The molecule has 3 heteroatoms. The van der Waals surface area contributed by atoms with Gasteiger partial charge in [0.15, 0.2) is 0 Å². The summed E-state index contributed by atoms with van der Waals surface area (Å²) in [6.45, 7) is 5.32. The Labute approximate surface area is 134 Å². The van der Waals surface area contributed by atoms with Crippen LogP contribution in [0.5, 0.6) is 5.75 Å². The summed E-state index contributed by atoms with van der Waals surface area (Å²) in [6.07, 6.45) is 10.4. The number of unbranched alkanes of at least 4 members (excludes halogenated alkanes) is 5. The summed E-state index contributed by atoms with van der Waals surface area (Å²) < 4.78 is 10.6. The van der Waals surface area contributed by atoms with Crippen molar-refractivity contribution in [2.45, 2.75) is 52.4 Å². The van der Waals surface area contributed by atoms with E-state index < -0.39 is 0 Å². The Morgan fingerprint density at radius 3 is 2.36 bits per heavy atom. The molecular formula is C19H28O3. The van der Waals surface area contributed by atoms with Gasteiger partial charge in [0.1, 0.15) is 5.75 Å². The van der Waals surface area contributed by atoms with Crippen molar-refractivity contribution in [1.29, 1.82) is 0 Å². The van der Waals surface area contributed by atoms with Crippen molar-refractivity contribution >= 4 is 12.0 Å². The van der Waals surface area contributed by atoms with Crippen molar-refractivity contribution in [3.63, 3.8) is 0 Å². The minimum Gasteiger partial charge on any atom is -0.494 e. The lowest BCUT2D eigenvalue weighted by molar-refractivity contribution is -0.137. The van der Waals surface area contributed by atoms with Gasteiger partial charge in [-0.25, -0.2) is 4.79 Å². The van der Waals surface area contributed by atoms with Crippen molar-refractivity contribution in [3.05, 3.63) is 35.9 Å². The van der Waals surface area contributed by atoms with Gasteiger partial charge in [0.25, 0.3) is 0 Å². The Hall–Kier alpha value is -1.77. The minimum absolute atomic E-state index is 0.276. The molecule has 0 aliphatic rings. The van der Waals surface area contributed by atoms with Gasteiger partial charge in [0, 0.05) is 6.08 Å². The third-order valence-corrected chi connectivity index (χ3v) is 3.35. The van der Waals surface area contributed by atoms with E-state index in [1.807, 2.05) is 31.2 Å². The highest BCUT2D eigenvalue weighted by Crippen LogP contribution is 2.13. The highest BCUT2D eigenvalue weighted by Gasteiger charge is 1.98. The minimum atomic E-state index is -0.276. The van der Waals surface area contributed by atoms with Gasteiger partial charge in [0.05, 0.1) is 13.2 Å². The van der Waals surface area contributed by atoms with E-state index in [1.54, 1.807) is 6.08 Å². The molecule has 0 aliphatic heterocycles. The molecule has 0 atom stereocenters. The summed E-state index contributed by atoms with van der Waals surface area (Å²) in [4.78, 5) is 11.6. The molecule has 0 unspecified atom stereocenters. The molecule has 0 saturated heterocycles. The molecule has 1 aromatic rings. The molecule has 1 rings (SSSR count). The Morgan fingerprint density at radius 1 is 1.00 bits per heavy atom. The van der Waals surface area contributed by atoms with Crippen LogP contribution in [0.15, 0.2) is 30.3 Å². The second-order valence-electron chi connectivity index (χ2n) is 5.27. The molecule has 0 bridgehead atoms. The number of hydrogen-bond acceptors (Lipinski definition) is 3. The van der Waals surface area contributed by atoms with Crippen LogP contribution in [0.25, 0.3) is 6.08 Å². The van der Waals surface area contributed by atoms with Crippen molar-refractivity contribution in [2.24, 2.45) is 0 Å². The molecule has 22 heavy (non-hydrogen) atoms. The third kappa shape index (κ3) is 8.50. The predicted octanol–water partition coefficient (Wildman–Crippen LogP) is 5.00. The number of esters is 1. The third-order valence-electron chi connectivity index (χ3n) is 3.35. The van der Waals surface area contributed by atoms with E-state index in [-0.39, 0.29) is 5.97 Å². The van der Waals surface area contributed by atoms with Crippen LogP contribution in [0.1, 0.15) is 57.9 Å². The summed E-state index contributed by atoms with van der Waals surface area (Å²) >= 11 is 0. The number of benzene rings is 1. The van der Waals surface area contributed by atoms with E-state index in [1.165, 1.54) is 31.8 Å². The summed E-state index contributed by atoms with van der Waals surface area (Å²) in [6, 6.07) is 7.63. The predicted molar refractivity (Wildman–Crippen MR) is 91.0 cm³/mol. The molecule has 0 saturated carbocycles. The molecule has 0 aromatic heterocycles. The molecule has 0 N–H and O–H groups in total. The molecule has 3 nitrogen and oxygen atoms in total. The van der Waals surface area contributed by atoms with E-state index in [4.69, 9.17) is 9.47 Å². The first-order valence-corrected chi connectivity index (χ1v) is 8.34. The van der Waals surface area contributed by atoms with E-state index in [0.717, 1.165) is 24.2 Å². The van der Waals surface area contributed by atoms with Gasteiger partial charge < -0.3 is 9.47 Å². The maximum Gasteiger partial charge on any atom is 0.330 e. The number of hydrogen-bond donors (Lipinski definition) is 0. The van der Waals surface area contributed by atoms with Crippen LogP contribution in [-0.4, -0.2) is 19.2 Å². The fraction of sp³-hybridized carbons (Fsp3) is 0.526. The van der Waals surface area contributed by atoms with Crippen LogP contribution in [0.3, 0.4) is 0 Å². The molecule has 0 fully saturated rings. The standard InChI is InChI=1S/C19H28O3/c1-3-5-6-7-8-9-16-22-19(20)15-12-17-10-13-18(14-11-17)21-4-2/h10-15H,3-9,16H2,1-2H3. The van der Waals surface area contributed by atoms with Crippen LogP contribution in [-0.2, 0) is 9.53 Å². The van der Waals surface area contributed by atoms with Crippen LogP contribution in [0.2, 0.25) is 0 Å². The van der Waals surface area contributed by atoms with Gasteiger partial charge in [-0.15, -0.1) is 0 Å². The SMILES string of the molecule is CCCCCCCCOC(=O)C=Cc1ccc(OCC)cc1. The fourth-order valence-electron chi connectivity index (χ4n) is 2.11. The summed E-state index contributed by atoms with van der Waals surface area (Å²) in [5, 5.41) is 0. The second-order valence-corrected chi connectivity index (χ2v) is 5.27. The first-order valence-electron chi connectivity index (χ1n) is 8.34. The zero-order valence-corrected chi connectivity index (χ0v) is 13.8. The Bertz CT molecular complexity index is 434. The lowest BCUT2D eigenvalue weighted by Gasteiger charge is -2.03. The molecule has 0 aliphatic carbocycles. The van der Waals surface area contributed by atoms with E-state index in [0.29, 0.717) is 13.2 Å². The Kier molecular flexibility index (Phi) is 9.84. The fourth-order valence-corrected chi connectivity index (χ4v) is 2.11. The summed E-state index contributed by atoms with van der Waals surface area (Å²) in [7, 11) is 0. The molecule has 122 valence electrons. The molecule has 1 aromatic carbocycles. The van der Waals surface area contributed by atoms with Gasteiger partial charge in [-0.1, -0.05) is 51.2 Å². The van der Waals surface area contributed by atoms with Crippen LogP contribution >= 0.6 is 0 Å². The Balaban J connectivity index is 2.18. The summed E-state index contributed by atoms with van der Waals surface area (Å²) in [5.74, 6) is 0.563. The number of carbonyl (C=O) groups excluding carboxylic acids is 1. The van der Waals surface area contributed by atoms with Crippen molar-refractivity contribution in [2.75, 3.05) is 13.2 Å². The lowest BCUT2D eigenvalue weighted by atomic mass is 10.1. The van der Waals surface area contributed by atoms with E-state index >= 15 is 0 Å². The zero-order valence-electron chi connectivity index (χ0n) is 13.8. The molecule has 0 spiro atoms. The van der Waals surface area contributed by atoms with Gasteiger partial charge in [-0.05, 0) is 37.1 Å². The molecule has 0 heterocycles. The number of carbonyl (C=O) groups is 1. The van der Waals surface area contributed by atoms with Crippen LogP contribution in [0.4, 0.5) is 0 Å². The zero-order chi connectivity index (χ0) is 16.0. The number of rotatable bonds is 11. The van der Waals surface area contributed by atoms with E-state index in [9.17, 15) is 4.79 Å². The van der Waals surface area contributed by atoms with Gasteiger partial charge in [-0.3, -0.25) is 0 Å². The number of ether oxygens (including phenoxy) is 2. The van der Waals surface area contributed by atoms with Gasteiger partial charge in [-0.2, -0.15) is 0 Å². The van der Waals surface area contributed by atoms with Crippen LogP contribution in [0, 0.1) is 0 Å². The Morgan fingerprint density at radius 2 is 1.68 bits per heavy atom. The van der Waals surface area contributed by atoms with Crippen molar-refractivity contribution in [1.82, 2.24) is 0 Å². The van der Waals surface area contributed by atoms with E-state index in [2.05, 4.69) is 6.92 Å². The quantitative estimate of drug-likeness (QED) is 0.328. The van der Waals surface area contributed by atoms with Crippen LogP contribution < -0.4 is 4.74 Å². The maximum absolute atomic E-state index is 11.6. The smallest absolute Gasteiger partial charge is 0.330 e. The second kappa shape index (κ2) is 11.8. The maximum atomic E-state index is 11.6. The lowest BCUT2D eigenvalue weighted by Crippen LogP contribution is -2.02. The molecule has 0 radical (unpaired) electrons. The van der Waals surface area contributed by atoms with Gasteiger partial charge >= 0.3 is 5.97 Å². The molecular weight excluding hydrogens is 276 g/mol. The average molecular weight is 304 g/mol. The largest absolute Gasteiger partial charge is 0.494 e.